The topological polar surface area (TPSA) is 43.7 Å². The maximum Gasteiger partial charge on any atom is 0.0558 e. The van der Waals surface area contributed by atoms with Crippen LogP contribution in [0.25, 0.3) is 0 Å². The van der Waals surface area contributed by atoms with Gasteiger partial charge in [-0.1, -0.05) is 19.3 Å². The summed E-state index contributed by atoms with van der Waals surface area (Å²) in [4.78, 5) is 2.42. The molecule has 0 spiro atoms. The van der Waals surface area contributed by atoms with Crippen molar-refractivity contribution in [2.45, 2.75) is 51.0 Å². The molecule has 16 heavy (non-hydrogen) atoms. The van der Waals surface area contributed by atoms with Gasteiger partial charge in [-0.15, -0.1) is 0 Å². The van der Waals surface area contributed by atoms with E-state index in [0.717, 1.165) is 25.9 Å². The Balaban J connectivity index is 1.92. The molecule has 0 saturated heterocycles. The first-order chi connectivity index (χ1) is 7.79. The second kappa shape index (κ2) is 5.48. The van der Waals surface area contributed by atoms with E-state index in [1.165, 1.54) is 32.1 Å². The fraction of sp³-hybridized carbons (Fsp3) is 1.00. The van der Waals surface area contributed by atoms with Crippen molar-refractivity contribution in [2.75, 3.05) is 26.3 Å². The minimum atomic E-state index is 0.144. The minimum absolute atomic E-state index is 0.144. The van der Waals surface area contributed by atoms with Crippen LogP contribution in [0.4, 0.5) is 0 Å². The zero-order valence-electron chi connectivity index (χ0n) is 10.2. The summed E-state index contributed by atoms with van der Waals surface area (Å²) in [6.07, 6.45) is 8.74. The van der Waals surface area contributed by atoms with Gasteiger partial charge < -0.3 is 10.2 Å². The fourth-order valence-corrected chi connectivity index (χ4v) is 3.19. The molecule has 2 rings (SSSR count). The van der Waals surface area contributed by atoms with Crippen molar-refractivity contribution in [3.05, 3.63) is 0 Å². The highest BCUT2D eigenvalue weighted by Crippen LogP contribution is 2.39. The zero-order valence-corrected chi connectivity index (χ0v) is 10.2. The molecule has 2 aliphatic carbocycles. The fourth-order valence-electron chi connectivity index (χ4n) is 3.19. The lowest BCUT2D eigenvalue weighted by molar-refractivity contribution is 0.0260. The first-order valence-corrected chi connectivity index (χ1v) is 6.75. The van der Waals surface area contributed by atoms with Gasteiger partial charge in [0.15, 0.2) is 0 Å². The first-order valence-electron chi connectivity index (χ1n) is 6.75. The number of nitrogens with zero attached hydrogens (tertiary/aromatic N) is 1. The number of aliphatic hydroxyl groups is 2. The largest absolute Gasteiger partial charge is 0.396 e. The minimum Gasteiger partial charge on any atom is -0.396 e. The molecule has 2 N–H and O–H groups in total. The summed E-state index contributed by atoms with van der Waals surface area (Å²) in [6.45, 7) is 2.35. The van der Waals surface area contributed by atoms with E-state index in [4.69, 9.17) is 5.11 Å². The van der Waals surface area contributed by atoms with Crippen molar-refractivity contribution in [3.8, 4) is 0 Å². The molecule has 0 aliphatic heterocycles. The van der Waals surface area contributed by atoms with Crippen LogP contribution in [0.3, 0.4) is 0 Å². The zero-order chi connectivity index (χ0) is 11.4. The summed E-state index contributed by atoms with van der Waals surface area (Å²) in [5.74, 6) is 0. The average molecular weight is 227 g/mol. The van der Waals surface area contributed by atoms with E-state index < -0.39 is 0 Å². The van der Waals surface area contributed by atoms with Crippen LogP contribution < -0.4 is 0 Å². The molecule has 94 valence electrons. The molecule has 0 amide bonds. The molecule has 0 aromatic rings. The summed E-state index contributed by atoms with van der Waals surface area (Å²) in [7, 11) is 0. The maximum atomic E-state index is 9.62. The molecule has 0 heterocycles. The summed E-state index contributed by atoms with van der Waals surface area (Å²) < 4.78 is 0. The number of aliphatic hydroxyl groups excluding tert-OH is 2. The molecule has 0 bridgehead atoms. The lowest BCUT2D eigenvalue weighted by atomic mass is 9.83. The van der Waals surface area contributed by atoms with Crippen LogP contribution in [-0.2, 0) is 0 Å². The van der Waals surface area contributed by atoms with Crippen LogP contribution in [0.1, 0.15) is 44.9 Å². The normalized spacial score (nSPS) is 24.9. The van der Waals surface area contributed by atoms with Gasteiger partial charge in [0.25, 0.3) is 0 Å². The third-order valence-electron chi connectivity index (χ3n) is 4.52. The van der Waals surface area contributed by atoms with Gasteiger partial charge in [0, 0.05) is 31.2 Å². The highest BCUT2D eigenvalue weighted by molar-refractivity contribution is 4.90. The molecule has 0 radical (unpaired) electrons. The van der Waals surface area contributed by atoms with Crippen LogP contribution in [0.2, 0.25) is 0 Å². The van der Waals surface area contributed by atoms with Gasteiger partial charge in [0.05, 0.1) is 6.61 Å². The summed E-state index contributed by atoms with van der Waals surface area (Å²) in [5, 5.41) is 18.7. The molecule has 3 heteroatoms. The highest BCUT2D eigenvalue weighted by Gasteiger charge is 2.37. The maximum absolute atomic E-state index is 9.62. The third kappa shape index (κ3) is 2.58. The second-order valence-electron chi connectivity index (χ2n) is 5.64. The third-order valence-corrected chi connectivity index (χ3v) is 4.52. The van der Waals surface area contributed by atoms with Crippen LogP contribution >= 0.6 is 0 Å². The lowest BCUT2D eigenvalue weighted by Crippen LogP contribution is -2.48. The average Bonchev–Trinajstić information content (AvgIpc) is 2.65. The van der Waals surface area contributed by atoms with Crippen LogP contribution in [-0.4, -0.2) is 47.5 Å². The molecule has 0 aromatic heterocycles. The second-order valence-corrected chi connectivity index (χ2v) is 5.64. The summed E-state index contributed by atoms with van der Waals surface area (Å²) in [5.41, 5.74) is 0.144. The van der Waals surface area contributed by atoms with E-state index in [-0.39, 0.29) is 12.0 Å². The van der Waals surface area contributed by atoms with E-state index in [1.54, 1.807) is 0 Å². The Kier molecular flexibility index (Phi) is 4.22. The van der Waals surface area contributed by atoms with Crippen LogP contribution in [0, 0.1) is 5.41 Å². The SMILES string of the molecule is OCCN(CC1(CO)CCCC1)C1CCC1. The number of rotatable bonds is 6. The number of hydrogen-bond acceptors (Lipinski definition) is 3. The van der Waals surface area contributed by atoms with Gasteiger partial charge in [0.2, 0.25) is 0 Å². The predicted molar refractivity (Wildman–Crippen MR) is 64.3 cm³/mol. The Morgan fingerprint density at radius 2 is 1.75 bits per heavy atom. The van der Waals surface area contributed by atoms with Gasteiger partial charge in [-0.2, -0.15) is 0 Å². The molecule has 2 saturated carbocycles. The molecular weight excluding hydrogens is 202 g/mol. The Hall–Kier alpha value is -0.120. The molecule has 2 fully saturated rings. The Morgan fingerprint density at radius 1 is 1.06 bits per heavy atom. The molecule has 3 nitrogen and oxygen atoms in total. The first kappa shape index (κ1) is 12.3. The molecule has 2 aliphatic rings. The van der Waals surface area contributed by atoms with Crippen LogP contribution in [0.5, 0.6) is 0 Å². The van der Waals surface area contributed by atoms with Gasteiger partial charge in [-0.3, -0.25) is 4.90 Å². The van der Waals surface area contributed by atoms with E-state index in [0.29, 0.717) is 12.6 Å². The summed E-state index contributed by atoms with van der Waals surface area (Å²) in [6, 6.07) is 0.677. The van der Waals surface area contributed by atoms with Crippen molar-refractivity contribution in [1.82, 2.24) is 4.90 Å². The highest BCUT2D eigenvalue weighted by atomic mass is 16.3. The van der Waals surface area contributed by atoms with Gasteiger partial charge >= 0.3 is 0 Å². The number of hydrogen-bond donors (Lipinski definition) is 2. The molecule has 0 unspecified atom stereocenters. The van der Waals surface area contributed by atoms with Crippen molar-refractivity contribution in [3.63, 3.8) is 0 Å². The van der Waals surface area contributed by atoms with Crippen LogP contribution in [0.15, 0.2) is 0 Å². The van der Waals surface area contributed by atoms with E-state index >= 15 is 0 Å². The summed E-state index contributed by atoms with van der Waals surface area (Å²) >= 11 is 0. The standard InChI is InChI=1S/C13H25NO2/c15-9-8-14(12-4-3-5-12)10-13(11-16)6-1-2-7-13/h12,15-16H,1-11H2. The van der Waals surface area contributed by atoms with Crippen molar-refractivity contribution >= 4 is 0 Å². The monoisotopic (exact) mass is 227 g/mol. The smallest absolute Gasteiger partial charge is 0.0558 e. The van der Waals surface area contributed by atoms with E-state index in [2.05, 4.69) is 4.90 Å². The van der Waals surface area contributed by atoms with Crippen molar-refractivity contribution in [1.29, 1.82) is 0 Å². The van der Waals surface area contributed by atoms with Crippen molar-refractivity contribution < 1.29 is 10.2 Å². The Morgan fingerprint density at radius 3 is 2.19 bits per heavy atom. The van der Waals surface area contributed by atoms with E-state index in [9.17, 15) is 5.11 Å². The van der Waals surface area contributed by atoms with Gasteiger partial charge in [-0.05, 0) is 25.7 Å². The Bertz CT molecular complexity index is 210. The van der Waals surface area contributed by atoms with Gasteiger partial charge in [-0.25, -0.2) is 0 Å². The lowest BCUT2D eigenvalue weighted by Gasteiger charge is -2.42. The quantitative estimate of drug-likeness (QED) is 0.720. The predicted octanol–water partition coefficient (Wildman–Crippen LogP) is 1.39. The molecular formula is C13H25NO2. The molecule has 0 atom stereocenters. The molecule has 0 aromatic carbocycles. The van der Waals surface area contributed by atoms with Gasteiger partial charge in [0.1, 0.15) is 0 Å². The van der Waals surface area contributed by atoms with E-state index in [1.807, 2.05) is 0 Å². The Labute approximate surface area is 98.5 Å². The van der Waals surface area contributed by atoms with Crippen molar-refractivity contribution in [2.24, 2.45) is 5.41 Å².